The first-order chi connectivity index (χ1) is 11.4. The van der Waals surface area contributed by atoms with Crippen LogP contribution in [0.3, 0.4) is 0 Å². The Morgan fingerprint density at radius 2 is 1.96 bits per heavy atom. The molecule has 2 atom stereocenters. The zero-order chi connectivity index (χ0) is 19.3. The average molecular weight is 396 g/mol. The molecular weight excluding hydrogens is 372 g/mol. The van der Waals surface area contributed by atoms with E-state index in [0.29, 0.717) is 5.57 Å². The van der Waals surface area contributed by atoms with Crippen LogP contribution in [0.1, 0.15) is 13.3 Å². The molecule has 144 valence electrons. The van der Waals surface area contributed by atoms with Crippen LogP contribution in [-0.4, -0.2) is 72.2 Å². The van der Waals surface area contributed by atoms with E-state index in [1.807, 2.05) is 0 Å². The number of hydrogen-bond donors (Lipinski definition) is 1. The third-order valence-electron chi connectivity index (χ3n) is 3.43. The van der Waals surface area contributed by atoms with E-state index in [1.54, 1.807) is 13.0 Å². The fraction of sp³-hybridized carbons (Fsp3) is 0.643. The number of rotatable bonds is 8. The molecule has 0 aromatic rings. The number of nitrogens with one attached hydrogen (secondary N) is 1. The number of hydrogen-bond acceptors (Lipinski definition) is 7. The second-order valence-corrected chi connectivity index (χ2v) is 9.19. The fourth-order valence-electron chi connectivity index (χ4n) is 2.45. The third-order valence-corrected chi connectivity index (χ3v) is 4.74. The average Bonchev–Trinajstić information content (AvgIpc) is 2.85. The molecule has 1 rings (SSSR count). The van der Waals surface area contributed by atoms with Gasteiger partial charge in [-0.05, 0) is 6.92 Å². The second-order valence-electron chi connectivity index (χ2n) is 5.76. The highest BCUT2D eigenvalue weighted by atomic mass is 32.2. The van der Waals surface area contributed by atoms with Crippen molar-refractivity contribution in [2.24, 2.45) is 0 Å². The maximum atomic E-state index is 12.2. The van der Waals surface area contributed by atoms with Crippen LogP contribution in [0.2, 0.25) is 0 Å². The van der Waals surface area contributed by atoms with Crippen molar-refractivity contribution in [1.29, 1.82) is 0 Å². The standard InChI is InChI=1S/C14H24N2O7S2/c1-5-8-22-14(17)16-10-12(23-25(4,20)21)9-13(16)11(2)6-7-15-24(3,18)19/h5-6,12-13,15H,1,7-10H2,2-4H3/t12-,13+/m1/s1. The summed E-state index contributed by atoms with van der Waals surface area (Å²) in [6, 6.07) is -0.453. The minimum absolute atomic E-state index is 0.0258. The summed E-state index contributed by atoms with van der Waals surface area (Å²) in [5.41, 5.74) is 0.700. The smallest absolute Gasteiger partial charge is 0.410 e. The van der Waals surface area contributed by atoms with Crippen molar-refractivity contribution in [2.75, 3.05) is 32.2 Å². The maximum absolute atomic E-state index is 12.2. The van der Waals surface area contributed by atoms with Gasteiger partial charge in [-0.2, -0.15) is 8.42 Å². The van der Waals surface area contributed by atoms with Crippen LogP contribution in [0, 0.1) is 0 Å². The first-order valence-corrected chi connectivity index (χ1v) is 11.2. The van der Waals surface area contributed by atoms with Gasteiger partial charge in [0.2, 0.25) is 10.0 Å². The number of carbonyl (C=O) groups excluding carboxylic acids is 1. The molecule has 0 spiro atoms. The number of ether oxygens (including phenoxy) is 1. The van der Waals surface area contributed by atoms with E-state index in [9.17, 15) is 21.6 Å². The molecule has 1 saturated heterocycles. The molecule has 25 heavy (non-hydrogen) atoms. The van der Waals surface area contributed by atoms with E-state index in [-0.39, 0.29) is 26.1 Å². The van der Waals surface area contributed by atoms with Gasteiger partial charge in [0.15, 0.2) is 0 Å². The van der Waals surface area contributed by atoms with Crippen molar-refractivity contribution >= 4 is 26.2 Å². The van der Waals surface area contributed by atoms with E-state index >= 15 is 0 Å². The quantitative estimate of drug-likeness (QED) is 0.460. The number of sulfonamides is 1. The molecule has 0 aromatic heterocycles. The molecule has 1 amide bonds. The predicted molar refractivity (Wildman–Crippen MR) is 93.0 cm³/mol. The van der Waals surface area contributed by atoms with Crippen LogP contribution in [0.5, 0.6) is 0 Å². The summed E-state index contributed by atoms with van der Waals surface area (Å²) >= 11 is 0. The first kappa shape index (κ1) is 21.6. The molecule has 1 fully saturated rings. The zero-order valence-corrected chi connectivity index (χ0v) is 16.1. The van der Waals surface area contributed by atoms with Gasteiger partial charge in [0.25, 0.3) is 10.1 Å². The Bertz CT molecular complexity index is 728. The number of amides is 1. The van der Waals surface area contributed by atoms with Crippen molar-refractivity contribution in [2.45, 2.75) is 25.5 Å². The third kappa shape index (κ3) is 7.99. The summed E-state index contributed by atoms with van der Waals surface area (Å²) in [4.78, 5) is 13.5. The highest BCUT2D eigenvalue weighted by Crippen LogP contribution is 2.27. The monoisotopic (exact) mass is 396 g/mol. The topological polar surface area (TPSA) is 119 Å². The molecule has 0 bridgehead atoms. The van der Waals surface area contributed by atoms with E-state index in [4.69, 9.17) is 8.92 Å². The molecule has 0 saturated carbocycles. The number of likely N-dealkylation sites (tertiary alicyclic amines) is 1. The molecule has 9 nitrogen and oxygen atoms in total. The Kier molecular flexibility index (Phi) is 7.60. The fourth-order valence-corrected chi connectivity index (χ4v) is 3.47. The minimum atomic E-state index is -3.67. The molecule has 0 unspecified atom stereocenters. The molecule has 11 heteroatoms. The predicted octanol–water partition coefficient (Wildman–Crippen LogP) is 0.224. The van der Waals surface area contributed by atoms with Crippen LogP contribution < -0.4 is 4.72 Å². The SMILES string of the molecule is C=CCOC(=O)N1C[C@H](OS(C)(=O)=O)C[C@H]1C(C)=CCNS(C)(=O)=O. The summed E-state index contributed by atoms with van der Waals surface area (Å²) in [6.45, 7) is 5.34. The molecule has 1 aliphatic rings. The number of carbonyl (C=O) groups is 1. The maximum Gasteiger partial charge on any atom is 0.410 e. The van der Waals surface area contributed by atoms with E-state index < -0.39 is 38.4 Å². The Balaban J connectivity index is 2.90. The summed E-state index contributed by atoms with van der Waals surface area (Å²) in [5, 5.41) is 0. The van der Waals surface area contributed by atoms with Gasteiger partial charge in [-0.1, -0.05) is 24.3 Å². The van der Waals surface area contributed by atoms with Crippen molar-refractivity contribution < 1.29 is 30.6 Å². The van der Waals surface area contributed by atoms with Gasteiger partial charge < -0.3 is 4.74 Å². The van der Waals surface area contributed by atoms with Crippen LogP contribution in [0.4, 0.5) is 4.79 Å². The summed E-state index contributed by atoms with van der Waals surface area (Å²) in [5.74, 6) is 0. The van der Waals surface area contributed by atoms with Gasteiger partial charge in [-0.3, -0.25) is 9.08 Å². The Morgan fingerprint density at radius 1 is 1.32 bits per heavy atom. The van der Waals surface area contributed by atoms with Gasteiger partial charge >= 0.3 is 6.09 Å². The van der Waals surface area contributed by atoms with Gasteiger partial charge in [0.05, 0.1) is 31.2 Å². The lowest BCUT2D eigenvalue weighted by molar-refractivity contribution is 0.108. The minimum Gasteiger partial charge on any atom is -0.445 e. The zero-order valence-electron chi connectivity index (χ0n) is 14.5. The Morgan fingerprint density at radius 3 is 2.48 bits per heavy atom. The molecule has 1 aliphatic heterocycles. The van der Waals surface area contributed by atoms with Gasteiger partial charge in [0, 0.05) is 13.0 Å². The highest BCUT2D eigenvalue weighted by Gasteiger charge is 2.39. The van der Waals surface area contributed by atoms with Crippen molar-refractivity contribution in [3.63, 3.8) is 0 Å². The van der Waals surface area contributed by atoms with Gasteiger partial charge in [0.1, 0.15) is 6.61 Å². The molecule has 0 radical (unpaired) electrons. The van der Waals surface area contributed by atoms with Crippen molar-refractivity contribution in [3.05, 3.63) is 24.3 Å². The summed E-state index contributed by atoms with van der Waals surface area (Å²) < 4.78 is 57.2. The van der Waals surface area contributed by atoms with Crippen LogP contribution in [0.15, 0.2) is 24.3 Å². The molecule has 1 N–H and O–H groups in total. The van der Waals surface area contributed by atoms with E-state index in [0.717, 1.165) is 12.5 Å². The van der Waals surface area contributed by atoms with Crippen LogP contribution in [-0.2, 0) is 29.1 Å². The molecule has 1 heterocycles. The normalized spacial score (nSPS) is 22.0. The molecule has 0 aromatic carbocycles. The highest BCUT2D eigenvalue weighted by molar-refractivity contribution is 7.88. The number of nitrogens with zero attached hydrogens (tertiary/aromatic N) is 1. The Hall–Kier alpha value is -1.43. The Labute approximate surface area is 148 Å². The van der Waals surface area contributed by atoms with Crippen LogP contribution >= 0.6 is 0 Å². The second kappa shape index (κ2) is 8.79. The van der Waals surface area contributed by atoms with E-state index in [1.165, 1.54) is 11.0 Å². The van der Waals surface area contributed by atoms with Gasteiger partial charge in [-0.25, -0.2) is 17.9 Å². The van der Waals surface area contributed by atoms with Crippen molar-refractivity contribution in [3.8, 4) is 0 Å². The molecule has 0 aliphatic carbocycles. The summed E-state index contributed by atoms with van der Waals surface area (Å²) in [6.07, 6.45) is 3.99. The van der Waals surface area contributed by atoms with Crippen molar-refractivity contribution in [1.82, 2.24) is 9.62 Å². The largest absolute Gasteiger partial charge is 0.445 e. The lowest BCUT2D eigenvalue weighted by Gasteiger charge is -2.24. The van der Waals surface area contributed by atoms with Crippen LogP contribution in [0.25, 0.3) is 0 Å². The van der Waals surface area contributed by atoms with Gasteiger partial charge in [-0.15, -0.1) is 0 Å². The molecular formula is C14H24N2O7S2. The lowest BCUT2D eigenvalue weighted by Crippen LogP contribution is -2.37. The lowest BCUT2D eigenvalue weighted by atomic mass is 10.1. The first-order valence-electron chi connectivity index (χ1n) is 7.47. The van der Waals surface area contributed by atoms with E-state index in [2.05, 4.69) is 11.3 Å². The summed E-state index contributed by atoms with van der Waals surface area (Å²) in [7, 11) is -7.00.